The van der Waals surface area contributed by atoms with Gasteiger partial charge in [0.15, 0.2) is 0 Å². The second-order valence-corrected chi connectivity index (χ2v) is 4.81. The molecule has 3 heteroatoms. The van der Waals surface area contributed by atoms with Crippen LogP contribution >= 0.6 is 0 Å². The molecule has 2 rings (SSSR count). The van der Waals surface area contributed by atoms with Gasteiger partial charge in [0.25, 0.3) is 0 Å². The molecule has 0 N–H and O–H groups in total. The molecule has 1 atom stereocenters. The van der Waals surface area contributed by atoms with Crippen molar-refractivity contribution < 1.29 is 9.53 Å². The quantitative estimate of drug-likeness (QED) is 0.766. The first-order chi connectivity index (χ1) is 9.17. The maximum Gasteiger partial charge on any atom is 0.328 e. The van der Waals surface area contributed by atoms with Crippen LogP contribution in [0.2, 0.25) is 0 Å². The molecule has 2 aromatic rings. The third kappa shape index (κ3) is 2.80. The Morgan fingerprint density at radius 2 is 2.11 bits per heavy atom. The molecule has 0 saturated heterocycles. The lowest BCUT2D eigenvalue weighted by Crippen LogP contribution is -2.18. The molecule has 0 bridgehead atoms. The van der Waals surface area contributed by atoms with E-state index in [1.165, 1.54) is 10.9 Å². The van der Waals surface area contributed by atoms with E-state index < -0.39 is 0 Å². The number of carbonyl (C=O) groups is 1. The summed E-state index contributed by atoms with van der Waals surface area (Å²) in [6, 6.07) is 8.14. The van der Waals surface area contributed by atoms with Gasteiger partial charge in [0.05, 0.1) is 6.61 Å². The van der Waals surface area contributed by atoms with Gasteiger partial charge in [-0.2, -0.15) is 0 Å². The molecule has 1 aromatic heterocycles. The smallest absolute Gasteiger partial charge is 0.328 e. The van der Waals surface area contributed by atoms with E-state index in [1.807, 2.05) is 24.6 Å². The number of hydrogen-bond donors (Lipinski definition) is 0. The van der Waals surface area contributed by atoms with Gasteiger partial charge in [-0.3, -0.25) is 0 Å². The fourth-order valence-electron chi connectivity index (χ4n) is 2.21. The highest BCUT2D eigenvalue weighted by molar-refractivity contribution is 5.84. The molecule has 102 valence electrons. The number of fused-ring (bicyclic) bond motifs is 1. The average molecular weight is 259 g/mol. The molecular formula is C16H21NO2. The Morgan fingerprint density at radius 3 is 2.79 bits per heavy atom. The van der Waals surface area contributed by atoms with Crippen molar-refractivity contribution in [2.75, 3.05) is 6.61 Å². The SMILES string of the molecule is CCCOC(=O)C(C)n1ccc2cc(CC)ccc21. The van der Waals surface area contributed by atoms with E-state index in [9.17, 15) is 4.79 Å². The fraction of sp³-hybridized carbons (Fsp3) is 0.438. The van der Waals surface area contributed by atoms with Crippen LogP contribution in [0.5, 0.6) is 0 Å². The van der Waals surface area contributed by atoms with Crippen molar-refractivity contribution in [3.05, 3.63) is 36.0 Å². The highest BCUT2D eigenvalue weighted by Gasteiger charge is 2.17. The Labute approximate surface area is 114 Å². The van der Waals surface area contributed by atoms with Crippen molar-refractivity contribution in [3.8, 4) is 0 Å². The number of nitrogens with zero attached hydrogens (tertiary/aromatic N) is 1. The Balaban J connectivity index is 2.27. The Morgan fingerprint density at radius 1 is 1.32 bits per heavy atom. The topological polar surface area (TPSA) is 31.2 Å². The number of ether oxygens (including phenoxy) is 1. The first-order valence-electron chi connectivity index (χ1n) is 6.93. The van der Waals surface area contributed by atoms with Crippen LogP contribution in [-0.4, -0.2) is 17.1 Å². The van der Waals surface area contributed by atoms with E-state index in [0.717, 1.165) is 18.4 Å². The third-order valence-electron chi connectivity index (χ3n) is 3.40. The van der Waals surface area contributed by atoms with Crippen molar-refractivity contribution in [1.82, 2.24) is 4.57 Å². The summed E-state index contributed by atoms with van der Waals surface area (Å²) >= 11 is 0. The number of carbonyl (C=O) groups excluding carboxylic acids is 1. The van der Waals surface area contributed by atoms with Crippen molar-refractivity contribution in [1.29, 1.82) is 0 Å². The zero-order valence-corrected chi connectivity index (χ0v) is 11.8. The maximum absolute atomic E-state index is 11.9. The van der Waals surface area contributed by atoms with E-state index in [4.69, 9.17) is 4.74 Å². The van der Waals surface area contributed by atoms with Crippen LogP contribution in [-0.2, 0) is 16.0 Å². The molecule has 0 aliphatic rings. The molecule has 0 radical (unpaired) electrons. The minimum atomic E-state index is -0.281. The summed E-state index contributed by atoms with van der Waals surface area (Å²) in [6.07, 6.45) is 3.84. The molecule has 19 heavy (non-hydrogen) atoms. The summed E-state index contributed by atoms with van der Waals surface area (Å²) in [5.41, 5.74) is 2.39. The molecule has 1 unspecified atom stereocenters. The van der Waals surface area contributed by atoms with Crippen molar-refractivity contribution >= 4 is 16.9 Å². The van der Waals surface area contributed by atoms with Crippen molar-refractivity contribution in [2.24, 2.45) is 0 Å². The van der Waals surface area contributed by atoms with E-state index in [-0.39, 0.29) is 12.0 Å². The molecule has 1 aromatic carbocycles. The first kappa shape index (κ1) is 13.7. The minimum Gasteiger partial charge on any atom is -0.464 e. The Kier molecular flexibility index (Phi) is 4.25. The number of esters is 1. The van der Waals surface area contributed by atoms with Gasteiger partial charge >= 0.3 is 5.97 Å². The highest BCUT2D eigenvalue weighted by atomic mass is 16.5. The largest absolute Gasteiger partial charge is 0.464 e. The Hall–Kier alpha value is -1.77. The van der Waals surface area contributed by atoms with Crippen LogP contribution in [0.1, 0.15) is 38.8 Å². The van der Waals surface area contributed by atoms with Crippen LogP contribution in [0, 0.1) is 0 Å². The van der Waals surface area contributed by atoms with E-state index >= 15 is 0 Å². The summed E-state index contributed by atoms with van der Waals surface area (Å²) in [4.78, 5) is 11.9. The molecule has 0 spiro atoms. The van der Waals surface area contributed by atoms with Gasteiger partial charge in [0.2, 0.25) is 0 Å². The van der Waals surface area contributed by atoms with Crippen molar-refractivity contribution in [2.45, 2.75) is 39.7 Å². The molecule has 0 aliphatic heterocycles. The highest BCUT2D eigenvalue weighted by Crippen LogP contribution is 2.22. The predicted molar refractivity (Wildman–Crippen MR) is 77.3 cm³/mol. The van der Waals surface area contributed by atoms with Crippen LogP contribution in [0.15, 0.2) is 30.5 Å². The lowest BCUT2D eigenvalue weighted by atomic mass is 10.1. The lowest BCUT2D eigenvalue weighted by Gasteiger charge is -2.14. The molecular weight excluding hydrogens is 238 g/mol. The van der Waals surface area contributed by atoms with Crippen LogP contribution in [0.4, 0.5) is 0 Å². The van der Waals surface area contributed by atoms with Gasteiger partial charge in [-0.1, -0.05) is 19.9 Å². The zero-order valence-electron chi connectivity index (χ0n) is 11.8. The lowest BCUT2D eigenvalue weighted by molar-refractivity contribution is -0.147. The summed E-state index contributed by atoms with van der Waals surface area (Å²) in [6.45, 7) is 6.51. The summed E-state index contributed by atoms with van der Waals surface area (Å²) in [5.74, 6) is -0.168. The number of rotatable bonds is 5. The maximum atomic E-state index is 11.9. The van der Waals surface area contributed by atoms with Crippen LogP contribution in [0.25, 0.3) is 10.9 Å². The van der Waals surface area contributed by atoms with Crippen molar-refractivity contribution in [3.63, 3.8) is 0 Å². The minimum absolute atomic E-state index is 0.168. The number of benzene rings is 1. The van der Waals surface area contributed by atoms with Gasteiger partial charge in [0.1, 0.15) is 6.04 Å². The van der Waals surface area contributed by atoms with Gasteiger partial charge < -0.3 is 9.30 Å². The number of aromatic nitrogens is 1. The molecule has 1 heterocycles. The third-order valence-corrected chi connectivity index (χ3v) is 3.40. The normalized spacial score (nSPS) is 12.6. The van der Waals surface area contributed by atoms with Gasteiger partial charge in [-0.05, 0) is 48.9 Å². The first-order valence-corrected chi connectivity index (χ1v) is 6.93. The zero-order chi connectivity index (χ0) is 13.8. The molecule has 0 fully saturated rings. The summed E-state index contributed by atoms with van der Waals surface area (Å²) in [5, 5.41) is 1.18. The van der Waals surface area contributed by atoms with Gasteiger partial charge in [-0.25, -0.2) is 4.79 Å². The van der Waals surface area contributed by atoms with Gasteiger partial charge in [0, 0.05) is 11.7 Å². The van der Waals surface area contributed by atoms with E-state index in [2.05, 4.69) is 31.2 Å². The number of hydrogen-bond acceptors (Lipinski definition) is 2. The molecule has 0 aliphatic carbocycles. The second kappa shape index (κ2) is 5.91. The van der Waals surface area contributed by atoms with Crippen LogP contribution < -0.4 is 0 Å². The second-order valence-electron chi connectivity index (χ2n) is 4.81. The monoisotopic (exact) mass is 259 g/mol. The van der Waals surface area contributed by atoms with E-state index in [1.54, 1.807) is 0 Å². The van der Waals surface area contributed by atoms with E-state index in [0.29, 0.717) is 6.61 Å². The van der Waals surface area contributed by atoms with Gasteiger partial charge in [-0.15, -0.1) is 0 Å². The predicted octanol–water partition coefficient (Wildman–Crippen LogP) is 3.72. The fourth-order valence-corrected chi connectivity index (χ4v) is 2.21. The standard InChI is InChI=1S/C16H21NO2/c1-4-10-19-16(18)12(3)17-9-8-14-11-13(5-2)6-7-15(14)17/h6-9,11-12H,4-5,10H2,1-3H3. The summed E-state index contributed by atoms with van der Waals surface area (Å²) in [7, 11) is 0. The number of aryl methyl sites for hydroxylation is 1. The molecule has 3 nitrogen and oxygen atoms in total. The molecule has 0 saturated carbocycles. The summed E-state index contributed by atoms with van der Waals surface area (Å²) < 4.78 is 7.19. The molecule has 0 amide bonds. The average Bonchev–Trinajstić information content (AvgIpc) is 2.86. The van der Waals surface area contributed by atoms with Crippen LogP contribution in [0.3, 0.4) is 0 Å². The Bertz CT molecular complexity index is 571.